The number of hydrogen-bond donors (Lipinski definition) is 0. The Morgan fingerprint density at radius 1 is 1.33 bits per heavy atom. The van der Waals surface area contributed by atoms with Crippen molar-refractivity contribution in [3.63, 3.8) is 0 Å². The first-order chi connectivity index (χ1) is 11.3. The maximum Gasteiger partial charge on any atom is 0.410 e. The molecule has 2 saturated heterocycles. The molecule has 132 valence electrons. The minimum Gasteiger partial charge on any atom is -0.444 e. The monoisotopic (exact) mass is 394 g/mol. The number of hydrogen-bond acceptors (Lipinski definition) is 3. The number of alkyl halides is 1. The summed E-state index contributed by atoms with van der Waals surface area (Å²) in [5.74, 6) is 0. The molecule has 2 heterocycles. The number of amides is 1. The normalized spacial score (nSPS) is 27.3. The molecule has 24 heavy (non-hydrogen) atoms. The van der Waals surface area contributed by atoms with Crippen LogP contribution in [0.15, 0.2) is 30.3 Å². The molecule has 0 spiro atoms. The number of ether oxygens (including phenoxy) is 1. The second kappa shape index (κ2) is 6.68. The van der Waals surface area contributed by atoms with Gasteiger partial charge in [-0.15, -0.1) is 0 Å². The van der Waals surface area contributed by atoms with Gasteiger partial charge in [0.2, 0.25) is 0 Å². The molecule has 2 fully saturated rings. The molecule has 2 atom stereocenters. The first-order valence-electron chi connectivity index (χ1n) is 8.68. The second-order valence-electron chi connectivity index (χ2n) is 8.02. The maximum atomic E-state index is 12.5. The van der Waals surface area contributed by atoms with Crippen LogP contribution in [0.1, 0.15) is 39.2 Å². The summed E-state index contributed by atoms with van der Waals surface area (Å²) in [6.07, 6.45) is 2.08. The van der Waals surface area contributed by atoms with Gasteiger partial charge in [-0.3, -0.25) is 4.90 Å². The predicted octanol–water partition coefficient (Wildman–Crippen LogP) is 4.04. The van der Waals surface area contributed by atoms with Gasteiger partial charge in [-0.2, -0.15) is 0 Å². The first-order valence-corrected chi connectivity index (χ1v) is 9.80. The molecular weight excluding hydrogens is 368 g/mol. The number of piperazine rings is 1. The number of halogens is 1. The van der Waals surface area contributed by atoms with Gasteiger partial charge < -0.3 is 9.64 Å². The predicted molar refractivity (Wildman–Crippen MR) is 99.3 cm³/mol. The number of fused-ring (bicyclic) bond motifs is 2. The fraction of sp³-hybridized carbons (Fsp3) is 0.632. The SMILES string of the molecule is CC(C)(C)OC(=O)N1CC2CCC(CBr)(C1)N2Cc1ccccc1. The summed E-state index contributed by atoms with van der Waals surface area (Å²) in [4.78, 5) is 17.0. The van der Waals surface area contributed by atoms with Crippen molar-refractivity contribution in [1.29, 1.82) is 0 Å². The van der Waals surface area contributed by atoms with E-state index < -0.39 is 5.60 Å². The minimum absolute atomic E-state index is 0.00959. The van der Waals surface area contributed by atoms with Gasteiger partial charge >= 0.3 is 6.09 Å². The van der Waals surface area contributed by atoms with E-state index in [2.05, 4.69) is 51.2 Å². The minimum atomic E-state index is -0.446. The molecule has 0 N–H and O–H groups in total. The highest BCUT2D eigenvalue weighted by Crippen LogP contribution is 2.41. The Kier molecular flexibility index (Phi) is 4.94. The third-order valence-electron chi connectivity index (χ3n) is 5.01. The van der Waals surface area contributed by atoms with Crippen molar-refractivity contribution in [3.8, 4) is 0 Å². The standard InChI is InChI=1S/C19H27BrN2O2/c1-18(2,3)24-17(23)21-12-16-9-10-19(13-20,14-21)22(16)11-15-7-5-4-6-8-15/h4-8,16H,9-14H2,1-3H3. The summed E-state index contributed by atoms with van der Waals surface area (Å²) in [5, 5.41) is 0.878. The van der Waals surface area contributed by atoms with Gasteiger partial charge in [0.1, 0.15) is 5.60 Å². The van der Waals surface area contributed by atoms with Crippen LogP contribution in [-0.4, -0.2) is 51.5 Å². The molecule has 0 saturated carbocycles. The van der Waals surface area contributed by atoms with E-state index in [-0.39, 0.29) is 11.6 Å². The molecule has 0 aliphatic carbocycles. The lowest BCUT2D eigenvalue weighted by Gasteiger charge is -2.48. The Balaban J connectivity index is 1.75. The molecule has 0 radical (unpaired) electrons. The number of carbonyl (C=O) groups is 1. The van der Waals surface area contributed by atoms with E-state index in [9.17, 15) is 4.79 Å². The Morgan fingerprint density at radius 3 is 2.67 bits per heavy atom. The van der Waals surface area contributed by atoms with Crippen LogP contribution >= 0.6 is 15.9 Å². The average Bonchev–Trinajstić information content (AvgIpc) is 2.74. The van der Waals surface area contributed by atoms with Gasteiger partial charge in [0.05, 0.1) is 0 Å². The maximum absolute atomic E-state index is 12.5. The van der Waals surface area contributed by atoms with E-state index >= 15 is 0 Å². The van der Waals surface area contributed by atoms with Gasteiger partial charge in [-0.25, -0.2) is 4.79 Å². The second-order valence-corrected chi connectivity index (χ2v) is 8.59. The lowest BCUT2D eigenvalue weighted by atomic mass is 9.97. The third-order valence-corrected chi connectivity index (χ3v) is 6.05. The average molecular weight is 395 g/mol. The van der Waals surface area contributed by atoms with Crippen molar-refractivity contribution >= 4 is 22.0 Å². The highest BCUT2D eigenvalue weighted by molar-refractivity contribution is 9.09. The Labute approximate surface area is 153 Å². The fourth-order valence-corrected chi connectivity index (χ4v) is 4.66. The molecule has 2 unspecified atom stereocenters. The smallest absolute Gasteiger partial charge is 0.410 e. The number of benzene rings is 1. The topological polar surface area (TPSA) is 32.8 Å². The Hall–Kier alpha value is -1.07. The Bertz CT molecular complexity index is 587. The zero-order valence-corrected chi connectivity index (χ0v) is 16.4. The van der Waals surface area contributed by atoms with Gasteiger partial charge in [0.25, 0.3) is 0 Å². The lowest BCUT2D eigenvalue weighted by Crippen LogP contribution is -2.63. The van der Waals surface area contributed by atoms with Gasteiger partial charge in [0.15, 0.2) is 0 Å². The molecule has 3 rings (SSSR count). The van der Waals surface area contributed by atoms with Crippen molar-refractivity contribution in [3.05, 3.63) is 35.9 Å². The summed E-state index contributed by atoms with van der Waals surface area (Å²) in [7, 11) is 0. The molecular formula is C19H27BrN2O2. The number of rotatable bonds is 3. The molecule has 2 bridgehead atoms. The molecule has 1 aromatic rings. The summed E-state index contributed by atoms with van der Waals surface area (Å²) in [5.41, 5.74) is 0.898. The van der Waals surface area contributed by atoms with Crippen LogP contribution in [0.5, 0.6) is 0 Å². The molecule has 5 heteroatoms. The van der Waals surface area contributed by atoms with Crippen molar-refractivity contribution in [2.75, 3.05) is 18.4 Å². The van der Waals surface area contributed by atoms with Crippen molar-refractivity contribution in [2.24, 2.45) is 0 Å². The van der Waals surface area contributed by atoms with Crippen LogP contribution < -0.4 is 0 Å². The zero-order valence-electron chi connectivity index (χ0n) is 14.8. The molecule has 1 aromatic carbocycles. The molecule has 2 aliphatic heterocycles. The van der Waals surface area contributed by atoms with Gasteiger partial charge in [0, 0.05) is 36.5 Å². The van der Waals surface area contributed by atoms with Gasteiger partial charge in [-0.05, 0) is 39.2 Å². The van der Waals surface area contributed by atoms with E-state index in [4.69, 9.17) is 4.74 Å². The summed E-state index contributed by atoms with van der Waals surface area (Å²) < 4.78 is 5.60. The summed E-state index contributed by atoms with van der Waals surface area (Å²) in [6.45, 7) is 8.20. The molecule has 4 nitrogen and oxygen atoms in total. The first kappa shape index (κ1) is 17.7. The van der Waals surface area contributed by atoms with E-state index in [1.54, 1.807) is 0 Å². The summed E-state index contributed by atoms with van der Waals surface area (Å²) >= 11 is 3.73. The van der Waals surface area contributed by atoms with Crippen LogP contribution in [0.2, 0.25) is 0 Å². The highest BCUT2D eigenvalue weighted by Gasteiger charge is 2.51. The summed E-state index contributed by atoms with van der Waals surface area (Å²) in [6, 6.07) is 11.0. The van der Waals surface area contributed by atoms with E-state index in [1.807, 2.05) is 25.7 Å². The zero-order chi connectivity index (χ0) is 17.4. The van der Waals surface area contributed by atoms with Crippen molar-refractivity contribution in [1.82, 2.24) is 9.80 Å². The molecule has 2 aliphatic rings. The fourth-order valence-electron chi connectivity index (χ4n) is 3.88. The van der Waals surface area contributed by atoms with Crippen molar-refractivity contribution in [2.45, 2.75) is 57.3 Å². The van der Waals surface area contributed by atoms with Crippen LogP contribution in [0.4, 0.5) is 4.79 Å². The van der Waals surface area contributed by atoms with Gasteiger partial charge in [-0.1, -0.05) is 46.3 Å². The van der Waals surface area contributed by atoms with Crippen LogP contribution in [-0.2, 0) is 11.3 Å². The van der Waals surface area contributed by atoms with E-state index in [0.29, 0.717) is 6.04 Å². The van der Waals surface area contributed by atoms with Crippen molar-refractivity contribution < 1.29 is 9.53 Å². The lowest BCUT2D eigenvalue weighted by molar-refractivity contribution is -0.0211. The third kappa shape index (κ3) is 3.62. The number of carbonyl (C=O) groups excluding carboxylic acids is 1. The molecule has 1 amide bonds. The molecule has 0 aromatic heterocycles. The Morgan fingerprint density at radius 2 is 2.04 bits per heavy atom. The van der Waals surface area contributed by atoms with Crippen LogP contribution in [0.25, 0.3) is 0 Å². The van der Waals surface area contributed by atoms with Crippen LogP contribution in [0.3, 0.4) is 0 Å². The van der Waals surface area contributed by atoms with Crippen LogP contribution in [0, 0.1) is 0 Å². The highest BCUT2D eigenvalue weighted by atomic mass is 79.9. The van der Waals surface area contributed by atoms with E-state index in [1.165, 1.54) is 5.56 Å². The quantitative estimate of drug-likeness (QED) is 0.725. The van der Waals surface area contributed by atoms with E-state index in [0.717, 1.165) is 37.8 Å². The number of nitrogens with zero attached hydrogens (tertiary/aromatic N) is 2. The largest absolute Gasteiger partial charge is 0.444 e. The number of likely N-dealkylation sites (tertiary alicyclic amines) is 1.